The van der Waals surface area contributed by atoms with Crippen LogP contribution in [0.25, 0.3) is 0 Å². The van der Waals surface area contributed by atoms with Gasteiger partial charge in [0, 0.05) is 31.4 Å². The average molecular weight is 273 g/mol. The Balaban J connectivity index is 1.89. The summed E-state index contributed by atoms with van der Waals surface area (Å²) >= 11 is 0. The second kappa shape index (κ2) is 4.59. The van der Waals surface area contributed by atoms with Gasteiger partial charge in [0.05, 0.1) is 0 Å². The fourth-order valence-corrected chi connectivity index (χ4v) is 2.81. The molecule has 5 nitrogen and oxygen atoms in total. The molecule has 1 aliphatic heterocycles. The highest BCUT2D eigenvalue weighted by Crippen LogP contribution is 2.39. The minimum atomic E-state index is -0.462. The van der Waals surface area contributed by atoms with Gasteiger partial charge in [-0.15, -0.1) is 0 Å². The van der Waals surface area contributed by atoms with Crippen LogP contribution in [0.5, 0.6) is 0 Å². The number of nitrogens with two attached hydrogens (primary N) is 1. The first-order valence-corrected chi connectivity index (χ1v) is 6.98. The van der Waals surface area contributed by atoms with Gasteiger partial charge in [-0.25, -0.2) is 0 Å². The molecule has 2 aliphatic rings. The number of anilines is 1. The first kappa shape index (κ1) is 13.1. The monoisotopic (exact) mass is 273 g/mol. The third-order valence-corrected chi connectivity index (χ3v) is 4.41. The van der Waals surface area contributed by atoms with Crippen molar-refractivity contribution in [1.29, 1.82) is 0 Å². The average Bonchev–Trinajstić information content (AvgIpc) is 2.42. The Morgan fingerprint density at radius 3 is 2.55 bits per heavy atom. The molecule has 2 N–H and O–H groups in total. The quantitative estimate of drug-likeness (QED) is 0.812. The van der Waals surface area contributed by atoms with Crippen LogP contribution >= 0.6 is 0 Å². The standard InChI is InChI=1S/C15H19N3O2/c1-17-8-9-18(14(20)13(17)19)12-5-2-4-11(10-12)15(16)6-3-7-15/h2,4-5,10H,3,6-9,16H2,1H3. The Morgan fingerprint density at radius 2 is 1.90 bits per heavy atom. The number of rotatable bonds is 2. The summed E-state index contributed by atoms with van der Waals surface area (Å²) in [4.78, 5) is 26.9. The van der Waals surface area contributed by atoms with E-state index in [0.29, 0.717) is 13.1 Å². The number of amides is 2. The van der Waals surface area contributed by atoms with Crippen LogP contribution in [-0.4, -0.2) is 36.9 Å². The largest absolute Gasteiger partial charge is 0.336 e. The third kappa shape index (κ3) is 1.98. The molecule has 106 valence electrons. The lowest BCUT2D eigenvalue weighted by molar-refractivity contribution is -0.145. The number of carbonyl (C=O) groups excluding carboxylic acids is 2. The first-order chi connectivity index (χ1) is 9.51. The number of hydrogen-bond acceptors (Lipinski definition) is 3. The van der Waals surface area contributed by atoms with Crippen molar-refractivity contribution in [3.8, 4) is 0 Å². The third-order valence-electron chi connectivity index (χ3n) is 4.41. The normalized spacial score (nSPS) is 21.9. The molecule has 2 amide bonds. The summed E-state index contributed by atoms with van der Waals surface area (Å²) in [5.41, 5.74) is 7.90. The fourth-order valence-electron chi connectivity index (χ4n) is 2.81. The summed E-state index contributed by atoms with van der Waals surface area (Å²) in [6.45, 7) is 1.09. The van der Waals surface area contributed by atoms with Crippen LogP contribution in [0, 0.1) is 0 Å². The van der Waals surface area contributed by atoms with Gasteiger partial charge in [0.1, 0.15) is 0 Å². The van der Waals surface area contributed by atoms with Gasteiger partial charge >= 0.3 is 11.8 Å². The predicted octanol–water partition coefficient (Wildman–Crippen LogP) is 0.829. The molecule has 1 aromatic carbocycles. The Kier molecular flexibility index (Phi) is 3.01. The molecule has 0 bridgehead atoms. The van der Waals surface area contributed by atoms with E-state index < -0.39 is 11.8 Å². The second-order valence-corrected chi connectivity index (χ2v) is 5.74. The minimum absolute atomic E-state index is 0.254. The molecule has 0 spiro atoms. The lowest BCUT2D eigenvalue weighted by Crippen LogP contribution is -2.53. The number of likely N-dealkylation sites (N-methyl/N-ethyl adjacent to an activating group) is 1. The van der Waals surface area contributed by atoms with E-state index in [4.69, 9.17) is 5.73 Å². The number of nitrogens with zero attached hydrogens (tertiary/aromatic N) is 2. The van der Waals surface area contributed by atoms with E-state index >= 15 is 0 Å². The maximum Gasteiger partial charge on any atom is 0.316 e. The summed E-state index contributed by atoms with van der Waals surface area (Å²) in [7, 11) is 1.65. The van der Waals surface area contributed by atoms with Crippen molar-refractivity contribution in [2.45, 2.75) is 24.8 Å². The van der Waals surface area contributed by atoms with Crippen LogP contribution in [-0.2, 0) is 15.1 Å². The highest BCUT2D eigenvalue weighted by molar-refractivity contribution is 6.40. The minimum Gasteiger partial charge on any atom is -0.336 e. The summed E-state index contributed by atoms with van der Waals surface area (Å²) in [5, 5.41) is 0. The van der Waals surface area contributed by atoms with Gasteiger partial charge in [-0.1, -0.05) is 12.1 Å². The lowest BCUT2D eigenvalue weighted by Gasteiger charge is -2.39. The summed E-state index contributed by atoms with van der Waals surface area (Å²) in [5.74, 6) is -0.914. The number of benzene rings is 1. The van der Waals surface area contributed by atoms with Crippen LogP contribution in [0.4, 0.5) is 5.69 Å². The van der Waals surface area contributed by atoms with E-state index in [2.05, 4.69) is 0 Å². The zero-order valence-electron chi connectivity index (χ0n) is 11.6. The van der Waals surface area contributed by atoms with Crippen LogP contribution in [0.15, 0.2) is 24.3 Å². The van der Waals surface area contributed by atoms with Crippen LogP contribution < -0.4 is 10.6 Å². The molecule has 1 saturated heterocycles. The van der Waals surface area contributed by atoms with Crippen LogP contribution in [0.3, 0.4) is 0 Å². The number of hydrogen-bond donors (Lipinski definition) is 1. The molecular weight excluding hydrogens is 254 g/mol. The maximum atomic E-state index is 12.1. The molecule has 1 aliphatic carbocycles. The van der Waals surface area contributed by atoms with Crippen LogP contribution in [0.1, 0.15) is 24.8 Å². The van der Waals surface area contributed by atoms with E-state index in [1.807, 2.05) is 24.3 Å². The van der Waals surface area contributed by atoms with E-state index in [1.165, 1.54) is 4.90 Å². The number of piperazine rings is 1. The molecule has 0 aromatic heterocycles. The van der Waals surface area contributed by atoms with E-state index in [0.717, 1.165) is 30.5 Å². The van der Waals surface area contributed by atoms with Crippen LogP contribution in [0.2, 0.25) is 0 Å². The van der Waals surface area contributed by atoms with Crippen molar-refractivity contribution in [2.75, 3.05) is 25.0 Å². The van der Waals surface area contributed by atoms with Crippen molar-refractivity contribution in [1.82, 2.24) is 4.90 Å². The van der Waals surface area contributed by atoms with Gasteiger partial charge in [0.25, 0.3) is 0 Å². The molecule has 1 aromatic rings. The Bertz CT molecular complexity index is 566. The first-order valence-electron chi connectivity index (χ1n) is 6.98. The summed E-state index contributed by atoms with van der Waals surface area (Å²) in [6.07, 6.45) is 3.10. The molecule has 1 saturated carbocycles. The smallest absolute Gasteiger partial charge is 0.316 e. The van der Waals surface area contributed by atoms with Gasteiger partial charge < -0.3 is 15.5 Å². The predicted molar refractivity (Wildman–Crippen MR) is 76.1 cm³/mol. The SMILES string of the molecule is CN1CCN(c2cccc(C3(N)CCC3)c2)C(=O)C1=O. The Labute approximate surface area is 118 Å². The van der Waals surface area contributed by atoms with Crippen molar-refractivity contribution in [3.63, 3.8) is 0 Å². The summed E-state index contributed by atoms with van der Waals surface area (Å²) < 4.78 is 0. The maximum absolute atomic E-state index is 12.1. The number of carbonyl (C=O) groups is 2. The van der Waals surface area contributed by atoms with Gasteiger partial charge in [-0.3, -0.25) is 9.59 Å². The molecule has 0 atom stereocenters. The van der Waals surface area contributed by atoms with Crippen molar-refractivity contribution in [3.05, 3.63) is 29.8 Å². The summed E-state index contributed by atoms with van der Waals surface area (Å²) in [6, 6.07) is 7.73. The fraction of sp³-hybridized carbons (Fsp3) is 0.467. The Morgan fingerprint density at radius 1 is 1.15 bits per heavy atom. The van der Waals surface area contributed by atoms with E-state index in [-0.39, 0.29) is 5.54 Å². The van der Waals surface area contributed by atoms with Crippen molar-refractivity contribution >= 4 is 17.5 Å². The molecule has 0 radical (unpaired) electrons. The highest BCUT2D eigenvalue weighted by atomic mass is 16.2. The Hall–Kier alpha value is -1.88. The van der Waals surface area contributed by atoms with Gasteiger partial charge in [-0.2, -0.15) is 0 Å². The molecular formula is C15H19N3O2. The van der Waals surface area contributed by atoms with Gasteiger partial charge in [0.2, 0.25) is 0 Å². The van der Waals surface area contributed by atoms with E-state index in [9.17, 15) is 9.59 Å². The molecule has 20 heavy (non-hydrogen) atoms. The molecule has 0 unspecified atom stereocenters. The molecule has 3 rings (SSSR count). The zero-order valence-corrected chi connectivity index (χ0v) is 11.6. The van der Waals surface area contributed by atoms with E-state index in [1.54, 1.807) is 11.9 Å². The molecule has 5 heteroatoms. The van der Waals surface area contributed by atoms with Gasteiger partial charge in [-0.05, 0) is 37.0 Å². The van der Waals surface area contributed by atoms with Crippen molar-refractivity contribution in [2.24, 2.45) is 5.73 Å². The molecule has 1 heterocycles. The zero-order chi connectivity index (χ0) is 14.3. The lowest BCUT2D eigenvalue weighted by atomic mass is 9.73. The van der Waals surface area contributed by atoms with Gasteiger partial charge in [0.15, 0.2) is 0 Å². The molecule has 2 fully saturated rings. The second-order valence-electron chi connectivity index (χ2n) is 5.74. The topological polar surface area (TPSA) is 66.6 Å². The van der Waals surface area contributed by atoms with Crippen molar-refractivity contribution < 1.29 is 9.59 Å². The highest BCUT2D eigenvalue weighted by Gasteiger charge is 2.36.